The summed E-state index contributed by atoms with van der Waals surface area (Å²) in [5, 5.41) is 9.75. The molecule has 0 saturated carbocycles. The lowest BCUT2D eigenvalue weighted by atomic mass is 9.89. The second-order valence-electron chi connectivity index (χ2n) is 6.03. The molecule has 0 fully saturated rings. The molecule has 0 aliphatic heterocycles. The zero-order valence-corrected chi connectivity index (χ0v) is 12.3. The van der Waals surface area contributed by atoms with Crippen LogP contribution in [-0.4, -0.2) is 31.0 Å². The summed E-state index contributed by atoms with van der Waals surface area (Å²) in [6.07, 6.45) is 0.354. The van der Waals surface area contributed by atoms with Crippen molar-refractivity contribution < 1.29 is 14.6 Å². The molecule has 1 N–H and O–H groups in total. The number of aliphatic hydroxyl groups excluding tert-OH is 1. The van der Waals surface area contributed by atoms with Gasteiger partial charge in [0.25, 0.3) is 0 Å². The monoisotopic (exact) mass is 266 g/mol. The third-order valence-electron chi connectivity index (χ3n) is 2.64. The van der Waals surface area contributed by atoms with Gasteiger partial charge in [-0.15, -0.1) is 0 Å². The average molecular weight is 266 g/mol. The van der Waals surface area contributed by atoms with Gasteiger partial charge in [0.15, 0.2) is 0 Å². The lowest BCUT2D eigenvalue weighted by Gasteiger charge is -2.22. The van der Waals surface area contributed by atoms with Gasteiger partial charge in [0.05, 0.1) is 32.5 Å². The Balaban J connectivity index is 2.00. The van der Waals surface area contributed by atoms with Gasteiger partial charge < -0.3 is 14.6 Å². The Hall–Kier alpha value is -0.900. The Labute approximate surface area is 116 Å². The van der Waals surface area contributed by atoms with Gasteiger partial charge in [-0.25, -0.2) is 0 Å². The van der Waals surface area contributed by atoms with Crippen molar-refractivity contribution in [3.63, 3.8) is 0 Å². The van der Waals surface area contributed by atoms with Crippen LogP contribution in [0, 0.1) is 5.41 Å². The number of hydrogen-bond donors (Lipinski definition) is 1. The standard InChI is InChI=1S/C16H26O3/c1-16(2,3)11-15(17)13-19-10-9-18-12-14-7-5-4-6-8-14/h4-8,15,17H,9-13H2,1-3H3. The summed E-state index contributed by atoms with van der Waals surface area (Å²) in [6, 6.07) is 10.1. The molecule has 0 aliphatic rings. The van der Waals surface area contributed by atoms with E-state index in [4.69, 9.17) is 9.47 Å². The highest BCUT2D eigenvalue weighted by Gasteiger charge is 2.16. The molecule has 0 amide bonds. The van der Waals surface area contributed by atoms with Crippen LogP contribution >= 0.6 is 0 Å². The molecule has 0 bridgehead atoms. The fourth-order valence-corrected chi connectivity index (χ4v) is 1.87. The molecule has 1 atom stereocenters. The van der Waals surface area contributed by atoms with Crippen LogP contribution in [0.25, 0.3) is 0 Å². The summed E-state index contributed by atoms with van der Waals surface area (Å²) < 4.78 is 10.9. The van der Waals surface area contributed by atoms with Crippen molar-refractivity contribution in [2.45, 2.75) is 39.9 Å². The number of ether oxygens (including phenoxy) is 2. The van der Waals surface area contributed by atoms with Crippen LogP contribution in [0.4, 0.5) is 0 Å². The molecule has 0 saturated heterocycles. The van der Waals surface area contributed by atoms with E-state index in [1.807, 2.05) is 30.3 Å². The molecule has 1 unspecified atom stereocenters. The molecule has 1 rings (SSSR count). The summed E-state index contributed by atoms with van der Waals surface area (Å²) >= 11 is 0. The van der Waals surface area contributed by atoms with Crippen molar-refractivity contribution in [1.29, 1.82) is 0 Å². The second kappa shape index (κ2) is 8.31. The molecule has 0 aliphatic carbocycles. The molecule has 3 heteroatoms. The first-order valence-corrected chi connectivity index (χ1v) is 6.85. The van der Waals surface area contributed by atoms with Crippen molar-refractivity contribution in [1.82, 2.24) is 0 Å². The van der Waals surface area contributed by atoms with E-state index in [1.165, 1.54) is 0 Å². The first-order valence-electron chi connectivity index (χ1n) is 6.85. The van der Waals surface area contributed by atoms with E-state index >= 15 is 0 Å². The molecule has 0 spiro atoms. The summed E-state index contributed by atoms with van der Waals surface area (Å²) in [6.45, 7) is 8.39. The van der Waals surface area contributed by atoms with E-state index in [2.05, 4.69) is 20.8 Å². The van der Waals surface area contributed by atoms with Gasteiger partial charge in [-0.3, -0.25) is 0 Å². The van der Waals surface area contributed by atoms with Crippen molar-refractivity contribution in [2.75, 3.05) is 19.8 Å². The molecule has 0 heterocycles. The predicted molar refractivity (Wildman–Crippen MR) is 77.0 cm³/mol. The van der Waals surface area contributed by atoms with Crippen molar-refractivity contribution in [3.8, 4) is 0 Å². The van der Waals surface area contributed by atoms with Gasteiger partial charge in [-0.05, 0) is 17.4 Å². The van der Waals surface area contributed by atoms with Crippen LogP contribution in [0.3, 0.4) is 0 Å². The maximum Gasteiger partial charge on any atom is 0.0778 e. The fraction of sp³-hybridized carbons (Fsp3) is 0.625. The van der Waals surface area contributed by atoms with Gasteiger partial charge in [0.1, 0.15) is 0 Å². The first-order chi connectivity index (χ1) is 8.97. The van der Waals surface area contributed by atoms with Gasteiger partial charge in [0, 0.05) is 0 Å². The molecule has 0 radical (unpaired) electrons. The molecule has 1 aromatic rings. The van der Waals surface area contributed by atoms with E-state index in [1.54, 1.807) is 0 Å². The third kappa shape index (κ3) is 8.76. The molecular formula is C16H26O3. The molecular weight excluding hydrogens is 240 g/mol. The molecule has 0 aromatic heterocycles. The van der Waals surface area contributed by atoms with E-state index in [0.29, 0.717) is 26.4 Å². The Morgan fingerprint density at radius 2 is 1.68 bits per heavy atom. The second-order valence-corrected chi connectivity index (χ2v) is 6.03. The minimum absolute atomic E-state index is 0.132. The van der Waals surface area contributed by atoms with Crippen molar-refractivity contribution in [2.24, 2.45) is 5.41 Å². The largest absolute Gasteiger partial charge is 0.391 e. The van der Waals surface area contributed by atoms with Gasteiger partial charge in [-0.1, -0.05) is 51.1 Å². The van der Waals surface area contributed by atoms with Gasteiger partial charge in [0.2, 0.25) is 0 Å². The number of benzene rings is 1. The van der Waals surface area contributed by atoms with Gasteiger partial charge in [-0.2, -0.15) is 0 Å². The Morgan fingerprint density at radius 1 is 1.05 bits per heavy atom. The summed E-state index contributed by atoms with van der Waals surface area (Å²) in [5.41, 5.74) is 1.29. The molecule has 3 nitrogen and oxygen atoms in total. The van der Waals surface area contributed by atoms with E-state index in [-0.39, 0.29) is 5.41 Å². The van der Waals surface area contributed by atoms with E-state index in [0.717, 1.165) is 12.0 Å². The first kappa shape index (κ1) is 16.2. The lowest BCUT2D eigenvalue weighted by Crippen LogP contribution is -2.23. The maximum atomic E-state index is 9.75. The van der Waals surface area contributed by atoms with Crippen LogP contribution in [-0.2, 0) is 16.1 Å². The fourth-order valence-electron chi connectivity index (χ4n) is 1.87. The summed E-state index contributed by atoms with van der Waals surface area (Å²) in [4.78, 5) is 0. The number of aliphatic hydroxyl groups is 1. The normalized spacial score (nSPS) is 13.5. The van der Waals surface area contributed by atoms with Crippen LogP contribution in [0.15, 0.2) is 30.3 Å². The van der Waals surface area contributed by atoms with Crippen molar-refractivity contribution >= 4 is 0 Å². The smallest absolute Gasteiger partial charge is 0.0778 e. The Morgan fingerprint density at radius 3 is 2.32 bits per heavy atom. The number of hydrogen-bond acceptors (Lipinski definition) is 3. The maximum absolute atomic E-state index is 9.75. The Bertz CT molecular complexity index is 330. The zero-order chi connectivity index (χ0) is 14.1. The minimum Gasteiger partial charge on any atom is -0.391 e. The van der Waals surface area contributed by atoms with E-state index in [9.17, 15) is 5.11 Å². The SMILES string of the molecule is CC(C)(C)CC(O)COCCOCc1ccccc1. The summed E-state index contributed by atoms with van der Waals surface area (Å²) in [5.74, 6) is 0. The highest BCUT2D eigenvalue weighted by Crippen LogP contribution is 2.20. The number of rotatable bonds is 8. The van der Waals surface area contributed by atoms with E-state index < -0.39 is 6.10 Å². The van der Waals surface area contributed by atoms with Crippen LogP contribution < -0.4 is 0 Å². The lowest BCUT2D eigenvalue weighted by molar-refractivity contribution is -0.0112. The quantitative estimate of drug-likeness (QED) is 0.735. The highest BCUT2D eigenvalue weighted by molar-refractivity contribution is 5.13. The third-order valence-corrected chi connectivity index (χ3v) is 2.64. The molecule has 19 heavy (non-hydrogen) atoms. The van der Waals surface area contributed by atoms with Crippen LogP contribution in [0.2, 0.25) is 0 Å². The predicted octanol–water partition coefficient (Wildman–Crippen LogP) is 3.02. The average Bonchev–Trinajstić information content (AvgIpc) is 2.32. The highest BCUT2D eigenvalue weighted by atomic mass is 16.5. The minimum atomic E-state index is -0.394. The zero-order valence-electron chi connectivity index (χ0n) is 12.3. The van der Waals surface area contributed by atoms with Crippen molar-refractivity contribution in [3.05, 3.63) is 35.9 Å². The topological polar surface area (TPSA) is 38.7 Å². The van der Waals surface area contributed by atoms with Gasteiger partial charge >= 0.3 is 0 Å². The molecule has 1 aromatic carbocycles. The van der Waals surface area contributed by atoms with Crippen LogP contribution in [0.1, 0.15) is 32.8 Å². The summed E-state index contributed by atoms with van der Waals surface area (Å²) in [7, 11) is 0. The molecule has 108 valence electrons. The Kier molecular flexibility index (Phi) is 7.06. The van der Waals surface area contributed by atoms with Crippen LogP contribution in [0.5, 0.6) is 0 Å².